The molecule has 0 atom stereocenters. The standard InChI is InChI=1S/C32H56O5/c1-4-7-10-13-16-19-22-25-36-31-28(24-21-18-15-12-9-6-3)27(23-20-17-14-11-8-5-2)26-29(30(31)33)37-32(34)35/h26,33H,4-25H2,1-3H3,(H,34,35). The second-order valence-corrected chi connectivity index (χ2v) is 10.6. The van der Waals surface area contributed by atoms with E-state index in [9.17, 15) is 15.0 Å². The first-order valence-corrected chi connectivity index (χ1v) is 15.5. The zero-order valence-electron chi connectivity index (χ0n) is 24.3. The van der Waals surface area contributed by atoms with E-state index in [4.69, 9.17) is 9.47 Å². The van der Waals surface area contributed by atoms with Gasteiger partial charge in [0.25, 0.3) is 0 Å². The fraction of sp³-hybridized carbons (Fsp3) is 0.781. The van der Waals surface area contributed by atoms with Crippen LogP contribution in [0.3, 0.4) is 0 Å². The lowest BCUT2D eigenvalue weighted by molar-refractivity contribution is 0.142. The number of phenolic OH excluding ortho intramolecular Hbond substituents is 1. The first-order chi connectivity index (χ1) is 18.0. The Morgan fingerprint density at radius 1 is 0.676 bits per heavy atom. The van der Waals surface area contributed by atoms with Crippen molar-refractivity contribution in [1.82, 2.24) is 0 Å². The highest BCUT2D eigenvalue weighted by molar-refractivity contribution is 5.67. The van der Waals surface area contributed by atoms with Crippen molar-refractivity contribution in [2.45, 2.75) is 156 Å². The van der Waals surface area contributed by atoms with Gasteiger partial charge in [-0.25, -0.2) is 4.79 Å². The molecule has 0 fully saturated rings. The summed E-state index contributed by atoms with van der Waals surface area (Å²) in [6.45, 7) is 7.21. The van der Waals surface area contributed by atoms with Crippen LogP contribution in [0, 0.1) is 0 Å². The lowest BCUT2D eigenvalue weighted by Gasteiger charge is -2.19. The van der Waals surface area contributed by atoms with Gasteiger partial charge < -0.3 is 19.7 Å². The summed E-state index contributed by atoms with van der Waals surface area (Å²) < 4.78 is 11.2. The molecule has 0 saturated heterocycles. The van der Waals surface area contributed by atoms with Crippen LogP contribution in [0.4, 0.5) is 4.79 Å². The van der Waals surface area contributed by atoms with Crippen LogP contribution in [-0.4, -0.2) is 23.0 Å². The number of unbranched alkanes of at least 4 members (excludes halogenated alkanes) is 16. The monoisotopic (exact) mass is 520 g/mol. The van der Waals surface area contributed by atoms with Gasteiger partial charge in [-0.3, -0.25) is 0 Å². The average Bonchev–Trinajstić information content (AvgIpc) is 2.88. The normalized spacial score (nSPS) is 11.1. The second-order valence-electron chi connectivity index (χ2n) is 10.6. The molecule has 5 heteroatoms. The summed E-state index contributed by atoms with van der Waals surface area (Å²) in [5, 5.41) is 20.2. The number of carbonyl (C=O) groups is 1. The zero-order chi connectivity index (χ0) is 27.1. The third-order valence-electron chi connectivity index (χ3n) is 7.19. The summed E-state index contributed by atoms with van der Waals surface area (Å²) in [5.41, 5.74) is 2.11. The number of benzene rings is 1. The molecule has 0 radical (unpaired) electrons. The number of aromatic hydroxyl groups is 1. The van der Waals surface area contributed by atoms with Crippen LogP contribution in [0.2, 0.25) is 0 Å². The van der Waals surface area contributed by atoms with Crippen molar-refractivity contribution < 1.29 is 24.5 Å². The molecule has 1 rings (SSSR count). The highest BCUT2D eigenvalue weighted by atomic mass is 16.7. The van der Waals surface area contributed by atoms with Crippen molar-refractivity contribution in [2.24, 2.45) is 0 Å². The van der Waals surface area contributed by atoms with Gasteiger partial charge in [-0.05, 0) is 43.7 Å². The predicted molar refractivity (Wildman–Crippen MR) is 154 cm³/mol. The maximum absolute atomic E-state index is 11.3. The van der Waals surface area contributed by atoms with E-state index in [-0.39, 0.29) is 11.5 Å². The van der Waals surface area contributed by atoms with Crippen LogP contribution in [0.5, 0.6) is 17.2 Å². The minimum absolute atomic E-state index is 0.00487. The van der Waals surface area contributed by atoms with Crippen LogP contribution in [0.25, 0.3) is 0 Å². The number of ether oxygens (including phenoxy) is 2. The van der Waals surface area contributed by atoms with E-state index in [1.165, 1.54) is 83.5 Å². The van der Waals surface area contributed by atoms with Gasteiger partial charge in [-0.2, -0.15) is 0 Å². The van der Waals surface area contributed by atoms with Crippen molar-refractivity contribution in [3.63, 3.8) is 0 Å². The third-order valence-corrected chi connectivity index (χ3v) is 7.19. The van der Waals surface area contributed by atoms with Gasteiger partial charge in [0.1, 0.15) is 0 Å². The molecule has 0 aromatic heterocycles. The molecule has 214 valence electrons. The van der Waals surface area contributed by atoms with Gasteiger partial charge in [-0.1, -0.05) is 124 Å². The van der Waals surface area contributed by atoms with Gasteiger partial charge in [0.05, 0.1) is 6.61 Å². The lowest BCUT2D eigenvalue weighted by atomic mass is 9.94. The Morgan fingerprint density at radius 2 is 1.14 bits per heavy atom. The first-order valence-electron chi connectivity index (χ1n) is 15.5. The van der Waals surface area contributed by atoms with Crippen LogP contribution in [-0.2, 0) is 12.8 Å². The smallest absolute Gasteiger partial charge is 0.502 e. The van der Waals surface area contributed by atoms with Crippen molar-refractivity contribution in [3.8, 4) is 17.2 Å². The quantitative estimate of drug-likeness (QED) is 0.0805. The fourth-order valence-corrected chi connectivity index (χ4v) is 4.95. The van der Waals surface area contributed by atoms with Gasteiger partial charge >= 0.3 is 6.16 Å². The SMILES string of the molecule is CCCCCCCCCOc1c(O)c(OC(=O)O)cc(CCCCCCCC)c1CCCCCCCC. The largest absolute Gasteiger partial charge is 0.511 e. The van der Waals surface area contributed by atoms with Gasteiger partial charge in [-0.15, -0.1) is 0 Å². The van der Waals surface area contributed by atoms with E-state index < -0.39 is 6.16 Å². The Kier molecular flexibility index (Phi) is 19.8. The van der Waals surface area contributed by atoms with Crippen molar-refractivity contribution in [1.29, 1.82) is 0 Å². The second kappa shape index (κ2) is 22.1. The molecule has 0 aliphatic rings. The van der Waals surface area contributed by atoms with Gasteiger partial charge in [0, 0.05) is 5.56 Å². The number of carboxylic acid groups (broad SMARTS) is 1. The first kappa shape index (κ1) is 33.1. The van der Waals surface area contributed by atoms with Crippen molar-refractivity contribution in [2.75, 3.05) is 6.61 Å². The molecule has 0 bridgehead atoms. The van der Waals surface area contributed by atoms with E-state index in [1.54, 1.807) is 6.07 Å². The molecule has 0 heterocycles. The molecule has 0 unspecified atom stereocenters. The molecular formula is C32H56O5. The Labute approximate surface area is 227 Å². The van der Waals surface area contributed by atoms with E-state index in [0.717, 1.165) is 62.5 Å². The maximum Gasteiger partial charge on any atom is 0.511 e. The number of hydrogen-bond donors (Lipinski definition) is 2. The molecule has 2 N–H and O–H groups in total. The van der Waals surface area contributed by atoms with Crippen LogP contribution < -0.4 is 9.47 Å². The molecule has 0 amide bonds. The molecular weight excluding hydrogens is 464 g/mol. The Morgan fingerprint density at radius 3 is 1.65 bits per heavy atom. The maximum atomic E-state index is 11.3. The van der Waals surface area contributed by atoms with Gasteiger partial charge in [0.2, 0.25) is 5.75 Å². The van der Waals surface area contributed by atoms with Gasteiger partial charge in [0.15, 0.2) is 11.5 Å². The highest BCUT2D eigenvalue weighted by Gasteiger charge is 2.21. The molecule has 0 saturated carbocycles. The highest BCUT2D eigenvalue weighted by Crippen LogP contribution is 2.43. The number of aryl methyl sites for hydroxylation is 1. The number of phenols is 1. The molecule has 0 spiro atoms. The summed E-state index contributed by atoms with van der Waals surface area (Å²) in [4.78, 5) is 11.3. The predicted octanol–water partition coefficient (Wildman–Crippen LogP) is 10.4. The Balaban J connectivity index is 2.95. The Bertz CT molecular complexity index is 716. The summed E-state index contributed by atoms with van der Waals surface area (Å²) in [6.07, 6.45) is 23.0. The molecule has 1 aromatic carbocycles. The third kappa shape index (κ3) is 15.2. The minimum Gasteiger partial charge on any atom is -0.502 e. The topological polar surface area (TPSA) is 76.0 Å². The fourth-order valence-electron chi connectivity index (χ4n) is 4.95. The van der Waals surface area contributed by atoms with E-state index in [1.807, 2.05) is 0 Å². The molecule has 37 heavy (non-hydrogen) atoms. The Hall–Kier alpha value is -1.91. The molecule has 5 nitrogen and oxygen atoms in total. The molecule has 0 aliphatic heterocycles. The lowest BCUT2D eigenvalue weighted by Crippen LogP contribution is -2.08. The van der Waals surface area contributed by atoms with E-state index in [2.05, 4.69) is 20.8 Å². The van der Waals surface area contributed by atoms with Crippen LogP contribution in [0.15, 0.2) is 6.07 Å². The van der Waals surface area contributed by atoms with Crippen LogP contribution >= 0.6 is 0 Å². The van der Waals surface area contributed by atoms with Crippen molar-refractivity contribution in [3.05, 3.63) is 17.2 Å². The van der Waals surface area contributed by atoms with E-state index in [0.29, 0.717) is 12.4 Å². The number of hydrogen-bond acceptors (Lipinski definition) is 4. The summed E-state index contributed by atoms with van der Waals surface area (Å²) in [7, 11) is 0. The van der Waals surface area contributed by atoms with Crippen molar-refractivity contribution >= 4 is 6.16 Å². The molecule has 0 aliphatic carbocycles. The zero-order valence-corrected chi connectivity index (χ0v) is 24.3. The summed E-state index contributed by atoms with van der Waals surface area (Å²) in [6, 6.07) is 1.74. The molecule has 1 aromatic rings. The average molecular weight is 521 g/mol. The van der Waals surface area contributed by atoms with E-state index >= 15 is 0 Å². The summed E-state index contributed by atoms with van der Waals surface area (Å²) in [5.74, 6) is 0.270. The van der Waals surface area contributed by atoms with Crippen LogP contribution in [0.1, 0.15) is 154 Å². The summed E-state index contributed by atoms with van der Waals surface area (Å²) >= 11 is 0. The minimum atomic E-state index is -1.41. The number of rotatable bonds is 24.